The summed E-state index contributed by atoms with van der Waals surface area (Å²) in [5.74, 6) is -4.36. The third-order valence-electron chi connectivity index (χ3n) is 6.64. The summed E-state index contributed by atoms with van der Waals surface area (Å²) in [5.41, 5.74) is -1.92. The summed E-state index contributed by atoms with van der Waals surface area (Å²) < 4.78 is 4.40. The first-order chi connectivity index (χ1) is 21.8. The molecule has 0 saturated heterocycles. The fraction of sp³-hybridized carbons (Fsp3) is 0.486. The van der Waals surface area contributed by atoms with Crippen molar-refractivity contribution in [3.8, 4) is 0 Å². The molecule has 1 atom stereocenters. The van der Waals surface area contributed by atoms with Crippen LogP contribution >= 0.6 is 0 Å². The zero-order valence-corrected chi connectivity index (χ0v) is 26.7. The fourth-order valence-corrected chi connectivity index (χ4v) is 4.09. The molecule has 10 heteroatoms. The van der Waals surface area contributed by atoms with Crippen molar-refractivity contribution in [3.05, 3.63) is 85.1 Å². The van der Waals surface area contributed by atoms with Gasteiger partial charge in [0.25, 0.3) is 0 Å². The number of aliphatic carboxylic acids is 1. The number of hydrogen-bond donors (Lipinski definition) is 5. The van der Waals surface area contributed by atoms with Crippen LogP contribution in [0.15, 0.2) is 85.1 Å². The number of ether oxygens (including phenoxy) is 1. The molecule has 0 radical (unpaired) electrons. The van der Waals surface area contributed by atoms with E-state index in [1.165, 1.54) is 7.11 Å². The summed E-state index contributed by atoms with van der Waals surface area (Å²) >= 11 is 0. The van der Waals surface area contributed by atoms with Crippen molar-refractivity contribution in [2.75, 3.05) is 26.9 Å². The summed E-state index contributed by atoms with van der Waals surface area (Å²) in [4.78, 5) is 47.8. The number of rotatable bonds is 25. The molecule has 1 unspecified atom stereocenters. The van der Waals surface area contributed by atoms with Crippen molar-refractivity contribution in [1.82, 2.24) is 10.6 Å². The number of methoxy groups -OCH3 is 1. The number of nitrogens with one attached hydrogen (secondary N) is 2. The maximum absolute atomic E-state index is 12.7. The lowest BCUT2D eigenvalue weighted by Crippen LogP contribution is -2.61. The zero-order chi connectivity index (χ0) is 33.6. The molecule has 0 aromatic carbocycles. The first kappa shape index (κ1) is 41.0. The monoisotopic (exact) mass is 628 g/mol. The van der Waals surface area contributed by atoms with Gasteiger partial charge in [0.1, 0.15) is 5.54 Å². The Morgan fingerprint density at radius 2 is 1.24 bits per heavy atom. The summed E-state index contributed by atoms with van der Waals surface area (Å²) in [7, 11) is 1.17. The number of carboxylic acid groups (broad SMARTS) is 1. The third kappa shape index (κ3) is 20.5. The number of carbonyl (C=O) groups is 4. The minimum Gasteiger partial charge on any atom is -0.479 e. The molecule has 0 fully saturated rings. The molecule has 10 nitrogen and oxygen atoms in total. The van der Waals surface area contributed by atoms with Crippen LogP contribution in [0.25, 0.3) is 0 Å². The molecule has 0 saturated carbocycles. The van der Waals surface area contributed by atoms with E-state index < -0.39 is 48.4 Å². The molecule has 0 aliphatic heterocycles. The lowest BCUT2D eigenvalue weighted by molar-refractivity contribution is -0.153. The van der Waals surface area contributed by atoms with Crippen LogP contribution in [0.5, 0.6) is 0 Å². The molecule has 0 rings (SSSR count). The first-order valence-corrected chi connectivity index (χ1v) is 15.5. The molecular formula is C35H52N2O8. The van der Waals surface area contributed by atoms with E-state index in [2.05, 4.69) is 77.0 Å². The van der Waals surface area contributed by atoms with E-state index in [0.29, 0.717) is 12.8 Å². The lowest BCUT2D eigenvalue weighted by Gasteiger charge is -2.36. The first-order valence-electron chi connectivity index (χ1n) is 15.5. The molecule has 0 aromatic rings. The summed E-state index contributed by atoms with van der Waals surface area (Å²) in [6.45, 7) is 0.839. The Kier molecular flexibility index (Phi) is 25.1. The molecule has 0 heterocycles. The van der Waals surface area contributed by atoms with Crippen LogP contribution < -0.4 is 10.6 Å². The topological polar surface area (TPSA) is 162 Å². The molecule has 5 N–H and O–H groups in total. The number of carboxylic acids is 1. The van der Waals surface area contributed by atoms with Gasteiger partial charge >= 0.3 is 11.9 Å². The van der Waals surface area contributed by atoms with Crippen LogP contribution in [0.1, 0.15) is 71.1 Å². The van der Waals surface area contributed by atoms with Crippen molar-refractivity contribution < 1.29 is 39.2 Å². The van der Waals surface area contributed by atoms with E-state index in [4.69, 9.17) is 0 Å². The van der Waals surface area contributed by atoms with Crippen molar-refractivity contribution in [2.24, 2.45) is 5.92 Å². The van der Waals surface area contributed by atoms with Crippen LogP contribution in [-0.2, 0) is 23.9 Å². The molecule has 0 aliphatic rings. The number of amides is 2. The Morgan fingerprint density at radius 1 is 0.756 bits per heavy atom. The Labute approximate surface area is 268 Å². The molecule has 45 heavy (non-hydrogen) atoms. The normalized spacial score (nSPS) is 13.8. The number of hydrogen-bond acceptors (Lipinski definition) is 7. The zero-order valence-electron chi connectivity index (χ0n) is 26.7. The van der Waals surface area contributed by atoms with Crippen molar-refractivity contribution in [2.45, 2.75) is 76.7 Å². The molecule has 2 amide bonds. The predicted octanol–water partition coefficient (Wildman–Crippen LogP) is 4.63. The van der Waals surface area contributed by atoms with E-state index >= 15 is 0 Å². The Balaban J connectivity index is 4.59. The van der Waals surface area contributed by atoms with E-state index in [1.54, 1.807) is 0 Å². The second-order valence-electron chi connectivity index (χ2n) is 10.1. The lowest BCUT2D eigenvalue weighted by atomic mass is 9.80. The number of allylic oxidation sites excluding steroid dienone is 12. The second-order valence-corrected chi connectivity index (χ2v) is 10.1. The van der Waals surface area contributed by atoms with Crippen LogP contribution in [0.2, 0.25) is 0 Å². The van der Waals surface area contributed by atoms with Gasteiger partial charge in [0.05, 0.1) is 20.3 Å². The van der Waals surface area contributed by atoms with Gasteiger partial charge in [-0.3, -0.25) is 9.59 Å². The van der Waals surface area contributed by atoms with Crippen molar-refractivity contribution in [3.63, 3.8) is 0 Å². The van der Waals surface area contributed by atoms with E-state index in [1.807, 2.05) is 18.2 Å². The average molecular weight is 629 g/mol. The average Bonchev–Trinajstić information content (AvgIpc) is 3.03. The van der Waals surface area contributed by atoms with Gasteiger partial charge < -0.3 is 30.7 Å². The minimum absolute atomic E-state index is 0.0236. The fourth-order valence-electron chi connectivity index (χ4n) is 4.09. The van der Waals surface area contributed by atoms with Gasteiger partial charge in [0.2, 0.25) is 11.8 Å². The van der Waals surface area contributed by atoms with E-state index in [0.717, 1.165) is 44.3 Å². The number of aliphatic hydroxyl groups is 2. The van der Waals surface area contributed by atoms with Crippen molar-refractivity contribution >= 4 is 23.8 Å². The molecular weight excluding hydrogens is 576 g/mol. The minimum atomic E-state index is -1.92. The van der Waals surface area contributed by atoms with Gasteiger partial charge in [-0.05, 0) is 57.8 Å². The van der Waals surface area contributed by atoms with Gasteiger partial charge in [0.15, 0.2) is 0 Å². The quantitative estimate of drug-likeness (QED) is 0.0423. The summed E-state index contributed by atoms with van der Waals surface area (Å²) in [6, 6.07) is 0. The van der Waals surface area contributed by atoms with Crippen molar-refractivity contribution in [1.29, 1.82) is 0 Å². The molecule has 0 bridgehead atoms. The Bertz CT molecular complexity index is 1070. The molecule has 0 aliphatic carbocycles. The maximum atomic E-state index is 12.7. The van der Waals surface area contributed by atoms with Crippen LogP contribution in [0, 0.1) is 5.92 Å². The maximum Gasteiger partial charge on any atom is 0.330 e. The highest BCUT2D eigenvalue weighted by molar-refractivity contribution is 5.94. The standard InChI is InChI=1S/C35H52N2O8/c1-3-4-5-6-7-8-9-10-11-12-13-14-15-16-17-18-19-20-21-23-32(41)37-35(34(43)44,30(28-38)29-39)26-22-27-36-31(40)24-25-33(42)45-2/h4-5,7-8,10-11,13-14,16-17,19-20,24-25,30,38-39H,3,6,9,12,15,18,21-23,26-29H2,1-2H3,(H,36,40)(H,37,41)(H,43,44). The third-order valence-corrected chi connectivity index (χ3v) is 6.64. The summed E-state index contributed by atoms with van der Waals surface area (Å²) in [5, 5.41) is 34.5. The predicted molar refractivity (Wildman–Crippen MR) is 177 cm³/mol. The summed E-state index contributed by atoms with van der Waals surface area (Å²) in [6.07, 6.45) is 32.8. The van der Waals surface area contributed by atoms with Crippen LogP contribution in [0.3, 0.4) is 0 Å². The van der Waals surface area contributed by atoms with E-state index in [-0.39, 0.29) is 25.8 Å². The number of carbonyl (C=O) groups excluding carboxylic acids is 3. The molecule has 0 aromatic heterocycles. The van der Waals surface area contributed by atoms with E-state index in [9.17, 15) is 34.5 Å². The Hall–Kier alpha value is -4.02. The largest absolute Gasteiger partial charge is 0.479 e. The highest BCUT2D eigenvalue weighted by Gasteiger charge is 2.46. The smallest absolute Gasteiger partial charge is 0.330 e. The number of esters is 1. The highest BCUT2D eigenvalue weighted by atomic mass is 16.5. The molecule has 250 valence electrons. The van der Waals surface area contributed by atoms with Gasteiger partial charge in [-0.1, -0.05) is 79.8 Å². The van der Waals surface area contributed by atoms with Crippen LogP contribution in [0.4, 0.5) is 0 Å². The van der Waals surface area contributed by atoms with Gasteiger partial charge in [-0.2, -0.15) is 0 Å². The Morgan fingerprint density at radius 3 is 1.69 bits per heavy atom. The van der Waals surface area contributed by atoms with Gasteiger partial charge in [0, 0.05) is 31.0 Å². The van der Waals surface area contributed by atoms with Gasteiger partial charge in [-0.25, -0.2) is 9.59 Å². The second kappa shape index (κ2) is 27.5. The molecule has 0 spiro atoms. The van der Waals surface area contributed by atoms with Gasteiger partial charge in [-0.15, -0.1) is 0 Å². The van der Waals surface area contributed by atoms with Crippen LogP contribution in [-0.4, -0.2) is 71.5 Å². The highest BCUT2D eigenvalue weighted by Crippen LogP contribution is 2.24. The SMILES string of the molecule is CCC=CCC=CCC=CCC=CCC=CCC=CCCC(=O)NC(CCCNC(=O)C=CC(=O)OC)(C(=O)O)C(CO)CO. The number of aliphatic hydroxyl groups excluding tert-OH is 2.